The second kappa shape index (κ2) is 6.23. The van der Waals surface area contributed by atoms with Crippen LogP contribution in [-0.4, -0.2) is 31.7 Å². The van der Waals surface area contributed by atoms with E-state index < -0.39 is 5.97 Å². The Hall–Kier alpha value is -1.78. The molecule has 0 aromatic carbocycles. The summed E-state index contributed by atoms with van der Waals surface area (Å²) in [6, 6.07) is 1.60. The largest absolute Gasteiger partial charge is 0.465 e. The number of carbonyl (C=O) groups is 1. The fraction of sp³-hybridized carbons (Fsp3) is 0.538. The molecule has 0 radical (unpaired) electrons. The van der Waals surface area contributed by atoms with Gasteiger partial charge in [0.15, 0.2) is 0 Å². The SMILES string of the molecule is CCC(C)CN(C)c1ncc(N)cc1C(=O)OC. The minimum Gasteiger partial charge on any atom is -0.465 e. The number of hydrogen-bond acceptors (Lipinski definition) is 5. The van der Waals surface area contributed by atoms with Crippen LogP contribution in [0.5, 0.6) is 0 Å². The van der Waals surface area contributed by atoms with Gasteiger partial charge in [0.25, 0.3) is 0 Å². The van der Waals surface area contributed by atoms with Crippen LogP contribution in [0.2, 0.25) is 0 Å². The van der Waals surface area contributed by atoms with Crippen molar-refractivity contribution < 1.29 is 9.53 Å². The number of nitrogens with two attached hydrogens (primary N) is 1. The Labute approximate surface area is 108 Å². The van der Waals surface area contributed by atoms with E-state index in [9.17, 15) is 4.79 Å². The number of hydrogen-bond donors (Lipinski definition) is 1. The van der Waals surface area contributed by atoms with E-state index in [4.69, 9.17) is 10.5 Å². The summed E-state index contributed by atoms with van der Waals surface area (Å²) in [6.07, 6.45) is 2.63. The molecule has 0 spiro atoms. The molecular formula is C13H21N3O2. The van der Waals surface area contributed by atoms with Crippen LogP contribution >= 0.6 is 0 Å². The summed E-state index contributed by atoms with van der Waals surface area (Å²) in [7, 11) is 3.26. The number of rotatable bonds is 5. The maximum Gasteiger partial charge on any atom is 0.341 e. The van der Waals surface area contributed by atoms with Crippen LogP contribution < -0.4 is 10.6 Å². The van der Waals surface area contributed by atoms with Crippen LogP contribution in [0.3, 0.4) is 0 Å². The Morgan fingerprint density at radius 2 is 2.28 bits per heavy atom. The van der Waals surface area contributed by atoms with Gasteiger partial charge in [-0.2, -0.15) is 0 Å². The first-order valence-corrected chi connectivity index (χ1v) is 6.04. The molecule has 18 heavy (non-hydrogen) atoms. The summed E-state index contributed by atoms with van der Waals surface area (Å²) in [5, 5.41) is 0. The Kier molecular flexibility index (Phi) is 4.95. The molecule has 5 heteroatoms. The van der Waals surface area contributed by atoms with E-state index in [1.807, 2.05) is 11.9 Å². The highest BCUT2D eigenvalue weighted by atomic mass is 16.5. The van der Waals surface area contributed by atoms with E-state index in [1.165, 1.54) is 7.11 Å². The third kappa shape index (κ3) is 3.35. The third-order valence-electron chi connectivity index (χ3n) is 2.94. The molecule has 0 aliphatic rings. The number of ether oxygens (including phenoxy) is 1. The summed E-state index contributed by atoms with van der Waals surface area (Å²) < 4.78 is 4.75. The van der Waals surface area contributed by atoms with Gasteiger partial charge in [0.1, 0.15) is 11.4 Å². The summed E-state index contributed by atoms with van der Waals surface area (Å²) >= 11 is 0. The molecule has 1 aromatic rings. The number of pyridine rings is 1. The molecule has 0 bridgehead atoms. The molecule has 100 valence electrons. The maximum absolute atomic E-state index is 11.7. The summed E-state index contributed by atoms with van der Waals surface area (Å²) in [4.78, 5) is 17.9. The second-order valence-electron chi connectivity index (χ2n) is 4.53. The summed E-state index contributed by atoms with van der Waals surface area (Å²) in [5.41, 5.74) is 6.52. The number of nitrogen functional groups attached to an aromatic ring is 1. The molecule has 0 amide bonds. The van der Waals surface area contributed by atoms with E-state index >= 15 is 0 Å². The fourth-order valence-corrected chi connectivity index (χ4v) is 1.72. The van der Waals surface area contributed by atoms with Gasteiger partial charge in [-0.05, 0) is 12.0 Å². The highest BCUT2D eigenvalue weighted by molar-refractivity contribution is 5.95. The first-order valence-electron chi connectivity index (χ1n) is 6.04. The lowest BCUT2D eigenvalue weighted by atomic mass is 10.1. The molecule has 0 aliphatic heterocycles. The smallest absolute Gasteiger partial charge is 0.341 e. The zero-order chi connectivity index (χ0) is 13.7. The number of methoxy groups -OCH3 is 1. The number of nitrogens with zero attached hydrogens (tertiary/aromatic N) is 2. The highest BCUT2D eigenvalue weighted by Gasteiger charge is 2.17. The van der Waals surface area contributed by atoms with Gasteiger partial charge in [-0.25, -0.2) is 9.78 Å². The van der Waals surface area contributed by atoms with E-state index in [2.05, 4.69) is 18.8 Å². The van der Waals surface area contributed by atoms with Gasteiger partial charge < -0.3 is 15.4 Å². The molecule has 5 nitrogen and oxygen atoms in total. The van der Waals surface area contributed by atoms with E-state index in [0.717, 1.165) is 13.0 Å². The number of aromatic nitrogens is 1. The van der Waals surface area contributed by atoms with Gasteiger partial charge in [0.2, 0.25) is 0 Å². The molecule has 0 aliphatic carbocycles. The molecule has 0 saturated heterocycles. The Morgan fingerprint density at radius 1 is 1.61 bits per heavy atom. The first kappa shape index (κ1) is 14.3. The van der Waals surface area contributed by atoms with E-state index in [1.54, 1.807) is 12.3 Å². The number of esters is 1. The highest BCUT2D eigenvalue weighted by Crippen LogP contribution is 2.21. The van der Waals surface area contributed by atoms with Crippen LogP contribution in [0.15, 0.2) is 12.3 Å². The standard InChI is InChI=1S/C13H21N3O2/c1-5-9(2)8-16(3)12-11(13(17)18-4)6-10(14)7-15-12/h6-7,9H,5,8,14H2,1-4H3. The van der Waals surface area contributed by atoms with Crippen molar-refractivity contribution in [1.82, 2.24) is 4.98 Å². The molecule has 1 unspecified atom stereocenters. The quantitative estimate of drug-likeness (QED) is 0.810. The Balaban J connectivity index is 3.03. The molecule has 0 saturated carbocycles. The minimum absolute atomic E-state index is 0.406. The normalized spacial score (nSPS) is 12.0. The molecule has 1 heterocycles. The number of carbonyl (C=O) groups excluding carboxylic acids is 1. The fourth-order valence-electron chi connectivity index (χ4n) is 1.72. The topological polar surface area (TPSA) is 68.5 Å². The van der Waals surface area contributed by atoms with Crippen LogP contribution in [-0.2, 0) is 4.74 Å². The minimum atomic E-state index is -0.416. The van der Waals surface area contributed by atoms with Gasteiger partial charge in [-0.1, -0.05) is 20.3 Å². The van der Waals surface area contributed by atoms with Crippen molar-refractivity contribution >= 4 is 17.5 Å². The van der Waals surface area contributed by atoms with Gasteiger partial charge in [-0.3, -0.25) is 0 Å². The monoisotopic (exact) mass is 251 g/mol. The van der Waals surface area contributed by atoms with Crippen molar-refractivity contribution in [2.75, 3.05) is 31.3 Å². The zero-order valence-electron chi connectivity index (χ0n) is 11.4. The summed E-state index contributed by atoms with van der Waals surface area (Å²) in [6.45, 7) is 5.12. The van der Waals surface area contributed by atoms with Crippen molar-refractivity contribution in [2.24, 2.45) is 5.92 Å². The first-order chi connectivity index (χ1) is 8.49. The van der Waals surface area contributed by atoms with Crippen molar-refractivity contribution in [2.45, 2.75) is 20.3 Å². The molecule has 2 N–H and O–H groups in total. The zero-order valence-corrected chi connectivity index (χ0v) is 11.4. The van der Waals surface area contributed by atoms with Gasteiger partial charge in [0.05, 0.1) is 19.0 Å². The number of anilines is 2. The Morgan fingerprint density at radius 3 is 2.83 bits per heavy atom. The predicted octanol–water partition coefficient (Wildman–Crippen LogP) is 1.93. The summed E-state index contributed by atoms with van der Waals surface area (Å²) in [5.74, 6) is 0.719. The molecular weight excluding hydrogens is 230 g/mol. The molecule has 0 fully saturated rings. The maximum atomic E-state index is 11.7. The van der Waals surface area contributed by atoms with Crippen LogP contribution in [0.25, 0.3) is 0 Å². The van der Waals surface area contributed by atoms with Crippen LogP contribution in [0.1, 0.15) is 30.6 Å². The molecule has 1 aromatic heterocycles. The third-order valence-corrected chi connectivity index (χ3v) is 2.94. The van der Waals surface area contributed by atoms with E-state index in [-0.39, 0.29) is 0 Å². The van der Waals surface area contributed by atoms with E-state index in [0.29, 0.717) is 23.0 Å². The van der Waals surface area contributed by atoms with Gasteiger partial charge >= 0.3 is 5.97 Å². The van der Waals surface area contributed by atoms with Crippen molar-refractivity contribution in [3.63, 3.8) is 0 Å². The van der Waals surface area contributed by atoms with Crippen LogP contribution in [0.4, 0.5) is 11.5 Å². The van der Waals surface area contributed by atoms with Crippen molar-refractivity contribution in [3.05, 3.63) is 17.8 Å². The van der Waals surface area contributed by atoms with Gasteiger partial charge in [0, 0.05) is 13.6 Å². The van der Waals surface area contributed by atoms with Crippen molar-refractivity contribution in [3.8, 4) is 0 Å². The van der Waals surface area contributed by atoms with Gasteiger partial charge in [-0.15, -0.1) is 0 Å². The lowest BCUT2D eigenvalue weighted by Gasteiger charge is -2.23. The molecule has 1 atom stereocenters. The van der Waals surface area contributed by atoms with Crippen molar-refractivity contribution in [1.29, 1.82) is 0 Å². The lowest BCUT2D eigenvalue weighted by Crippen LogP contribution is -2.26. The Bertz CT molecular complexity index is 421. The lowest BCUT2D eigenvalue weighted by molar-refractivity contribution is 0.0601. The van der Waals surface area contributed by atoms with Crippen LogP contribution in [0, 0.1) is 5.92 Å². The average Bonchev–Trinajstić information content (AvgIpc) is 2.37. The molecule has 1 rings (SSSR count). The average molecular weight is 251 g/mol. The predicted molar refractivity (Wildman–Crippen MR) is 72.7 cm³/mol. The second-order valence-corrected chi connectivity index (χ2v) is 4.53.